The molecular weight excluding hydrogens is 268 g/mol. The molecule has 0 heterocycles. The minimum atomic E-state index is -1.92. The molecule has 0 saturated carbocycles. The van der Waals surface area contributed by atoms with Crippen molar-refractivity contribution in [2.45, 2.75) is 23.7 Å². The zero-order valence-electron chi connectivity index (χ0n) is 8.93. The summed E-state index contributed by atoms with van der Waals surface area (Å²) in [7, 11) is 0. The monoisotopic (exact) mass is 279 g/mol. The molecule has 0 saturated heterocycles. The molecule has 88 valence electrons. The predicted molar refractivity (Wildman–Crippen MR) is 68.0 cm³/mol. The van der Waals surface area contributed by atoms with E-state index in [0.29, 0.717) is 0 Å². The Labute approximate surface area is 110 Å². The third-order valence-corrected chi connectivity index (χ3v) is 2.70. The molecule has 1 aromatic rings. The predicted octanol–water partition coefficient (Wildman–Crippen LogP) is 3.54. The highest BCUT2D eigenvalue weighted by Crippen LogP contribution is 2.27. The third kappa shape index (κ3) is 3.85. The fourth-order valence-electron chi connectivity index (χ4n) is 1.22. The quantitative estimate of drug-likeness (QED) is 0.825. The number of halogens is 3. The van der Waals surface area contributed by atoms with E-state index < -0.39 is 9.70 Å². The molecule has 0 radical (unpaired) electrons. The summed E-state index contributed by atoms with van der Waals surface area (Å²) in [5, 5.41) is 2.62. The van der Waals surface area contributed by atoms with Crippen molar-refractivity contribution < 1.29 is 4.79 Å². The Morgan fingerprint density at radius 2 is 1.75 bits per heavy atom. The minimum Gasteiger partial charge on any atom is -0.346 e. The molecule has 0 fully saturated rings. The smallest absolute Gasteiger partial charge is 0.272 e. The van der Waals surface area contributed by atoms with Crippen molar-refractivity contribution in [2.75, 3.05) is 0 Å². The van der Waals surface area contributed by atoms with Crippen molar-refractivity contribution >= 4 is 40.7 Å². The van der Waals surface area contributed by atoms with Gasteiger partial charge in [-0.25, -0.2) is 0 Å². The zero-order chi connectivity index (χ0) is 12.3. The van der Waals surface area contributed by atoms with Crippen LogP contribution < -0.4 is 5.32 Å². The van der Waals surface area contributed by atoms with Crippen molar-refractivity contribution in [3.8, 4) is 0 Å². The molecule has 1 N–H and O–H groups in total. The maximum absolute atomic E-state index is 11.4. The van der Waals surface area contributed by atoms with Gasteiger partial charge in [0.25, 0.3) is 9.70 Å². The van der Waals surface area contributed by atoms with E-state index in [2.05, 4.69) is 5.32 Å². The fraction of sp³-hybridized carbons (Fsp3) is 0.364. The van der Waals surface area contributed by atoms with Gasteiger partial charge in [-0.2, -0.15) is 0 Å². The Morgan fingerprint density at radius 3 is 2.19 bits per heavy atom. The van der Waals surface area contributed by atoms with Gasteiger partial charge in [-0.05, 0) is 19.4 Å². The Morgan fingerprint density at radius 1 is 1.25 bits per heavy atom. The van der Waals surface area contributed by atoms with Crippen LogP contribution in [0.25, 0.3) is 0 Å². The van der Waals surface area contributed by atoms with E-state index in [1.165, 1.54) is 0 Å². The number of alkyl halides is 3. The number of benzene rings is 1. The third-order valence-electron chi connectivity index (χ3n) is 2.18. The van der Waals surface area contributed by atoms with Crippen LogP contribution in [0, 0.1) is 6.92 Å². The summed E-state index contributed by atoms with van der Waals surface area (Å²) >= 11 is 16.4. The summed E-state index contributed by atoms with van der Waals surface area (Å²) in [5.74, 6) is -0.620. The number of rotatable bonds is 2. The first-order valence-corrected chi connectivity index (χ1v) is 5.88. The van der Waals surface area contributed by atoms with Crippen molar-refractivity contribution in [1.82, 2.24) is 5.32 Å². The Hall–Kier alpha value is -0.440. The standard InChI is InChI=1S/C11H12Cl3NO/c1-7-3-5-9(6-4-7)8(2)15-10(16)11(12,13)14/h3-6,8H,1-2H3,(H,15,16)/t8-/m1/s1. The summed E-state index contributed by atoms with van der Waals surface area (Å²) in [6.45, 7) is 3.83. The average Bonchev–Trinajstić information content (AvgIpc) is 2.17. The van der Waals surface area contributed by atoms with Crippen LogP contribution in [0.3, 0.4) is 0 Å². The highest BCUT2D eigenvalue weighted by Gasteiger charge is 2.31. The Bertz CT molecular complexity index is 370. The lowest BCUT2D eigenvalue weighted by molar-refractivity contribution is -0.120. The van der Waals surface area contributed by atoms with Gasteiger partial charge in [0.1, 0.15) is 0 Å². The number of carbonyl (C=O) groups excluding carboxylic acids is 1. The molecule has 1 aromatic carbocycles. The van der Waals surface area contributed by atoms with E-state index in [-0.39, 0.29) is 6.04 Å². The molecule has 0 spiro atoms. The summed E-state index contributed by atoms with van der Waals surface area (Å²) in [5.41, 5.74) is 2.12. The highest BCUT2D eigenvalue weighted by molar-refractivity contribution is 6.76. The molecule has 0 bridgehead atoms. The number of carbonyl (C=O) groups is 1. The van der Waals surface area contributed by atoms with Crippen LogP contribution in [0.1, 0.15) is 24.1 Å². The van der Waals surface area contributed by atoms with Gasteiger partial charge < -0.3 is 5.32 Å². The summed E-state index contributed by atoms with van der Waals surface area (Å²) < 4.78 is -1.92. The van der Waals surface area contributed by atoms with E-state index in [4.69, 9.17) is 34.8 Å². The summed E-state index contributed by atoms with van der Waals surface area (Å²) in [6.07, 6.45) is 0. The lowest BCUT2D eigenvalue weighted by Gasteiger charge is -2.17. The van der Waals surface area contributed by atoms with Crippen LogP contribution in [0.2, 0.25) is 0 Å². The zero-order valence-corrected chi connectivity index (χ0v) is 11.2. The Kier molecular flexibility index (Phi) is 4.48. The molecular formula is C11H12Cl3NO. The van der Waals surface area contributed by atoms with Crippen molar-refractivity contribution in [3.05, 3.63) is 35.4 Å². The molecule has 5 heteroatoms. The van der Waals surface area contributed by atoms with Gasteiger partial charge in [0.2, 0.25) is 0 Å². The molecule has 1 rings (SSSR count). The van der Waals surface area contributed by atoms with Crippen LogP contribution >= 0.6 is 34.8 Å². The number of aryl methyl sites for hydroxylation is 1. The molecule has 0 aromatic heterocycles. The molecule has 0 unspecified atom stereocenters. The topological polar surface area (TPSA) is 29.1 Å². The van der Waals surface area contributed by atoms with Gasteiger partial charge in [-0.3, -0.25) is 4.79 Å². The van der Waals surface area contributed by atoms with Crippen molar-refractivity contribution in [3.63, 3.8) is 0 Å². The number of hydrogen-bond donors (Lipinski definition) is 1. The van der Waals surface area contributed by atoms with Crippen LogP contribution in [-0.4, -0.2) is 9.70 Å². The van der Waals surface area contributed by atoms with Gasteiger partial charge in [0.15, 0.2) is 0 Å². The average molecular weight is 281 g/mol. The SMILES string of the molecule is Cc1ccc([C@@H](C)NC(=O)C(Cl)(Cl)Cl)cc1. The molecule has 0 aliphatic rings. The lowest BCUT2D eigenvalue weighted by atomic mass is 10.1. The minimum absolute atomic E-state index is 0.191. The number of hydrogen-bond acceptors (Lipinski definition) is 1. The van der Waals surface area contributed by atoms with Gasteiger partial charge in [-0.1, -0.05) is 64.6 Å². The van der Waals surface area contributed by atoms with Crippen molar-refractivity contribution in [2.24, 2.45) is 0 Å². The Balaban J connectivity index is 2.69. The van der Waals surface area contributed by atoms with Gasteiger partial charge >= 0.3 is 0 Å². The van der Waals surface area contributed by atoms with Crippen LogP contribution in [0.15, 0.2) is 24.3 Å². The maximum Gasteiger partial charge on any atom is 0.272 e. The first-order valence-electron chi connectivity index (χ1n) is 4.75. The molecule has 16 heavy (non-hydrogen) atoms. The molecule has 0 aliphatic carbocycles. The van der Waals surface area contributed by atoms with Gasteiger partial charge in [0.05, 0.1) is 6.04 Å². The second kappa shape index (κ2) is 5.26. The van der Waals surface area contributed by atoms with Gasteiger partial charge in [-0.15, -0.1) is 0 Å². The fourth-order valence-corrected chi connectivity index (χ4v) is 1.38. The first-order chi connectivity index (χ1) is 7.30. The molecule has 1 atom stereocenters. The molecule has 1 amide bonds. The normalized spacial score (nSPS) is 13.3. The van der Waals surface area contributed by atoms with Gasteiger partial charge in [0, 0.05) is 0 Å². The summed E-state index contributed by atoms with van der Waals surface area (Å²) in [6, 6.07) is 7.60. The van der Waals surface area contributed by atoms with E-state index >= 15 is 0 Å². The van der Waals surface area contributed by atoms with Crippen LogP contribution in [0.5, 0.6) is 0 Å². The first kappa shape index (κ1) is 13.6. The second-order valence-corrected chi connectivity index (χ2v) is 5.88. The lowest BCUT2D eigenvalue weighted by Crippen LogP contribution is -2.36. The second-order valence-electron chi connectivity index (χ2n) is 3.60. The van der Waals surface area contributed by atoms with E-state index in [1.807, 2.05) is 38.1 Å². The molecule has 2 nitrogen and oxygen atoms in total. The van der Waals surface area contributed by atoms with E-state index in [1.54, 1.807) is 0 Å². The van der Waals surface area contributed by atoms with E-state index in [9.17, 15) is 4.79 Å². The number of nitrogens with one attached hydrogen (secondary N) is 1. The number of amides is 1. The van der Waals surface area contributed by atoms with E-state index in [0.717, 1.165) is 11.1 Å². The molecule has 0 aliphatic heterocycles. The highest BCUT2D eigenvalue weighted by atomic mass is 35.6. The maximum atomic E-state index is 11.4. The largest absolute Gasteiger partial charge is 0.346 e. The van der Waals surface area contributed by atoms with Crippen molar-refractivity contribution in [1.29, 1.82) is 0 Å². The summed E-state index contributed by atoms with van der Waals surface area (Å²) in [4.78, 5) is 11.4. The van der Waals surface area contributed by atoms with Crippen LogP contribution in [-0.2, 0) is 4.79 Å². The van der Waals surface area contributed by atoms with Crippen LogP contribution in [0.4, 0.5) is 0 Å².